The van der Waals surface area contributed by atoms with Crippen molar-refractivity contribution in [2.45, 2.75) is 316 Å². The van der Waals surface area contributed by atoms with E-state index < -0.39 is 6.10 Å². The minimum Gasteiger partial charge on any atom is -0.462 e. The van der Waals surface area contributed by atoms with Gasteiger partial charge in [-0.3, -0.25) is 14.4 Å². The van der Waals surface area contributed by atoms with E-state index in [1.54, 1.807) is 0 Å². The van der Waals surface area contributed by atoms with E-state index in [0.717, 1.165) is 77.0 Å². The zero-order chi connectivity index (χ0) is 49.3. The third kappa shape index (κ3) is 54.3. The van der Waals surface area contributed by atoms with Crippen LogP contribution in [0, 0.1) is 0 Å². The Hall–Kier alpha value is -2.63. The number of rotatable bonds is 54. The zero-order valence-electron chi connectivity index (χ0n) is 45.4. The number of ether oxygens (including phenoxy) is 3. The number of hydrogen-bond donors (Lipinski definition) is 0. The molecule has 0 saturated carbocycles. The summed E-state index contributed by atoms with van der Waals surface area (Å²) in [6.45, 7) is 6.62. The predicted octanol–water partition coefficient (Wildman–Crippen LogP) is 19.8. The Morgan fingerprint density at radius 1 is 0.294 bits per heavy atom. The van der Waals surface area contributed by atoms with Crippen molar-refractivity contribution in [3.05, 3.63) is 48.6 Å². The molecule has 0 rings (SSSR count). The van der Waals surface area contributed by atoms with Gasteiger partial charge in [-0.15, -0.1) is 0 Å². The van der Waals surface area contributed by atoms with Crippen LogP contribution in [-0.2, 0) is 28.6 Å². The number of carbonyl (C=O) groups excluding carboxylic acids is 3. The summed E-state index contributed by atoms with van der Waals surface area (Å²) >= 11 is 0. The summed E-state index contributed by atoms with van der Waals surface area (Å²) in [6.07, 6.45) is 69.5. The molecule has 0 aliphatic carbocycles. The Kier molecular flexibility index (Phi) is 54.8. The van der Waals surface area contributed by atoms with Gasteiger partial charge >= 0.3 is 17.9 Å². The summed E-state index contributed by atoms with van der Waals surface area (Å²) in [5.74, 6) is -0.870. The molecule has 6 heteroatoms. The molecule has 0 aromatic heterocycles. The van der Waals surface area contributed by atoms with Crippen LogP contribution in [0.25, 0.3) is 0 Å². The number of esters is 3. The average molecular weight is 954 g/mol. The molecule has 0 radical (unpaired) electrons. The lowest BCUT2D eigenvalue weighted by molar-refractivity contribution is -0.167. The average Bonchev–Trinajstić information content (AvgIpc) is 3.34. The molecule has 0 bridgehead atoms. The monoisotopic (exact) mass is 953 g/mol. The van der Waals surface area contributed by atoms with Crippen LogP contribution < -0.4 is 0 Å². The van der Waals surface area contributed by atoms with E-state index in [0.29, 0.717) is 19.3 Å². The molecule has 1 atom stereocenters. The van der Waals surface area contributed by atoms with Crippen LogP contribution in [-0.4, -0.2) is 37.2 Å². The maximum Gasteiger partial charge on any atom is 0.306 e. The molecule has 0 amide bonds. The van der Waals surface area contributed by atoms with Crippen LogP contribution in [0.3, 0.4) is 0 Å². The fraction of sp³-hybridized carbons (Fsp3) is 0.823. The molecule has 0 aromatic carbocycles. The lowest BCUT2D eigenvalue weighted by Gasteiger charge is -2.18. The first-order valence-electron chi connectivity index (χ1n) is 29.6. The third-order valence-corrected chi connectivity index (χ3v) is 13.1. The Morgan fingerprint density at radius 3 is 0.838 bits per heavy atom. The smallest absolute Gasteiger partial charge is 0.306 e. The van der Waals surface area contributed by atoms with Crippen LogP contribution in [0.1, 0.15) is 310 Å². The van der Waals surface area contributed by atoms with Gasteiger partial charge in [0.1, 0.15) is 13.2 Å². The van der Waals surface area contributed by atoms with Crippen LogP contribution >= 0.6 is 0 Å². The minimum absolute atomic E-state index is 0.0745. The van der Waals surface area contributed by atoms with Gasteiger partial charge in [-0.1, -0.05) is 256 Å². The van der Waals surface area contributed by atoms with Gasteiger partial charge in [0.2, 0.25) is 0 Å². The molecule has 396 valence electrons. The maximum absolute atomic E-state index is 12.9. The highest BCUT2D eigenvalue weighted by atomic mass is 16.6. The normalized spacial score (nSPS) is 12.3. The molecule has 0 aliphatic rings. The number of hydrogen-bond acceptors (Lipinski definition) is 6. The van der Waals surface area contributed by atoms with E-state index in [1.165, 1.54) is 193 Å². The molecule has 0 heterocycles. The van der Waals surface area contributed by atoms with Gasteiger partial charge in [-0.25, -0.2) is 0 Å². The molecule has 0 saturated heterocycles. The second-order valence-electron chi connectivity index (χ2n) is 19.9. The summed E-state index contributed by atoms with van der Waals surface area (Å²) < 4.78 is 16.9. The fourth-order valence-electron chi connectivity index (χ4n) is 8.56. The van der Waals surface area contributed by atoms with Gasteiger partial charge in [0.15, 0.2) is 6.10 Å². The highest BCUT2D eigenvalue weighted by molar-refractivity contribution is 5.71. The van der Waals surface area contributed by atoms with Crippen molar-refractivity contribution in [3.8, 4) is 0 Å². The molecular weight excluding hydrogens is 841 g/mol. The standard InChI is InChI=1S/C62H112O6/c1-4-7-10-13-16-19-22-25-28-30-31-33-34-37-40-43-46-49-52-55-61(64)67-58-59(57-66-60(63)54-51-48-45-42-39-36-27-24-21-18-15-12-9-6-3)68-62(65)56-53-50-47-44-41-38-35-32-29-26-23-20-17-14-11-8-5-2/h16-17,19-20,25-26,28-29,59H,4-15,18,21-24,27,30-58H2,1-3H3/b19-16-,20-17-,28-25-,29-26-. The van der Waals surface area contributed by atoms with E-state index in [1.807, 2.05) is 0 Å². The largest absolute Gasteiger partial charge is 0.462 e. The van der Waals surface area contributed by atoms with Crippen molar-refractivity contribution >= 4 is 17.9 Å². The van der Waals surface area contributed by atoms with E-state index in [9.17, 15) is 14.4 Å². The molecule has 0 N–H and O–H groups in total. The van der Waals surface area contributed by atoms with Crippen LogP contribution in [0.2, 0.25) is 0 Å². The van der Waals surface area contributed by atoms with Crippen molar-refractivity contribution < 1.29 is 28.6 Å². The van der Waals surface area contributed by atoms with E-state index >= 15 is 0 Å². The number of unbranched alkanes of at least 4 members (excludes halogenated alkanes) is 35. The number of carbonyl (C=O) groups is 3. The maximum atomic E-state index is 12.9. The van der Waals surface area contributed by atoms with Crippen molar-refractivity contribution in [3.63, 3.8) is 0 Å². The summed E-state index contributed by atoms with van der Waals surface area (Å²) in [5.41, 5.74) is 0. The first kappa shape index (κ1) is 65.4. The highest BCUT2D eigenvalue weighted by Gasteiger charge is 2.19. The molecule has 1 unspecified atom stereocenters. The second kappa shape index (κ2) is 57.0. The molecule has 68 heavy (non-hydrogen) atoms. The van der Waals surface area contributed by atoms with Crippen LogP contribution in [0.4, 0.5) is 0 Å². The summed E-state index contributed by atoms with van der Waals surface area (Å²) in [7, 11) is 0. The first-order valence-corrected chi connectivity index (χ1v) is 29.6. The Balaban J connectivity index is 4.36. The topological polar surface area (TPSA) is 78.9 Å². The van der Waals surface area contributed by atoms with Gasteiger partial charge in [0.25, 0.3) is 0 Å². The van der Waals surface area contributed by atoms with Gasteiger partial charge in [-0.05, 0) is 83.5 Å². The molecule has 0 fully saturated rings. The first-order chi connectivity index (χ1) is 33.5. The van der Waals surface area contributed by atoms with Gasteiger partial charge in [0, 0.05) is 19.3 Å². The summed E-state index contributed by atoms with van der Waals surface area (Å²) in [4.78, 5) is 38.2. The molecular formula is C62H112O6. The Labute approximate surface area is 422 Å². The quantitative estimate of drug-likeness (QED) is 0.0262. The lowest BCUT2D eigenvalue weighted by Crippen LogP contribution is -2.30. The van der Waals surface area contributed by atoms with E-state index in [-0.39, 0.29) is 31.1 Å². The molecule has 0 spiro atoms. The fourth-order valence-corrected chi connectivity index (χ4v) is 8.56. The lowest BCUT2D eigenvalue weighted by atomic mass is 10.0. The summed E-state index contributed by atoms with van der Waals surface area (Å²) in [5, 5.41) is 0. The van der Waals surface area contributed by atoms with Crippen molar-refractivity contribution in [1.29, 1.82) is 0 Å². The van der Waals surface area contributed by atoms with E-state index in [2.05, 4.69) is 69.4 Å². The van der Waals surface area contributed by atoms with Gasteiger partial charge in [-0.2, -0.15) is 0 Å². The SMILES string of the molecule is CCCCC/C=C\C/C=C\CCCCCCCCCCCC(=O)OCC(COC(=O)CCCCCCCCCCCCCCCC)OC(=O)CCCCCCCCC/C=C\C/C=C\CCCCC. The summed E-state index contributed by atoms with van der Waals surface area (Å²) in [6, 6.07) is 0. The Morgan fingerprint density at radius 2 is 0.529 bits per heavy atom. The van der Waals surface area contributed by atoms with Crippen molar-refractivity contribution in [2.75, 3.05) is 13.2 Å². The minimum atomic E-state index is -0.777. The van der Waals surface area contributed by atoms with Crippen LogP contribution in [0.15, 0.2) is 48.6 Å². The number of allylic oxidation sites excluding steroid dienone is 8. The molecule has 6 nitrogen and oxygen atoms in total. The zero-order valence-corrected chi connectivity index (χ0v) is 45.4. The van der Waals surface area contributed by atoms with Crippen LogP contribution in [0.5, 0.6) is 0 Å². The Bertz CT molecular complexity index is 1190. The van der Waals surface area contributed by atoms with Gasteiger partial charge < -0.3 is 14.2 Å². The highest BCUT2D eigenvalue weighted by Crippen LogP contribution is 2.16. The van der Waals surface area contributed by atoms with Crippen molar-refractivity contribution in [2.24, 2.45) is 0 Å². The van der Waals surface area contributed by atoms with E-state index in [4.69, 9.17) is 14.2 Å². The van der Waals surface area contributed by atoms with Crippen molar-refractivity contribution in [1.82, 2.24) is 0 Å². The third-order valence-electron chi connectivity index (χ3n) is 13.1. The molecule has 0 aromatic rings. The molecule has 0 aliphatic heterocycles. The predicted molar refractivity (Wildman–Crippen MR) is 293 cm³/mol. The van der Waals surface area contributed by atoms with Gasteiger partial charge in [0.05, 0.1) is 0 Å². The second-order valence-corrected chi connectivity index (χ2v) is 19.9.